The van der Waals surface area contributed by atoms with Crippen molar-refractivity contribution in [3.05, 3.63) is 65.2 Å². The fourth-order valence-corrected chi connectivity index (χ4v) is 3.44. The predicted octanol–water partition coefficient (Wildman–Crippen LogP) is 1.82. The molecule has 0 aromatic heterocycles. The van der Waals surface area contributed by atoms with Crippen molar-refractivity contribution in [2.45, 2.75) is 17.9 Å². The first-order valence-corrected chi connectivity index (χ1v) is 10.0. The molecule has 2 rings (SSSR count). The zero-order valence-corrected chi connectivity index (χ0v) is 16.9. The predicted molar refractivity (Wildman–Crippen MR) is 103 cm³/mol. The van der Waals surface area contributed by atoms with Gasteiger partial charge in [-0.3, -0.25) is 9.59 Å². The third-order valence-corrected chi connectivity index (χ3v) is 5.90. The number of nitrogens with one attached hydrogen (secondary N) is 2. The molecule has 0 bridgehead atoms. The van der Waals surface area contributed by atoms with Crippen molar-refractivity contribution >= 4 is 21.8 Å². The highest BCUT2D eigenvalue weighted by Gasteiger charge is 2.19. The minimum absolute atomic E-state index is 0.0555. The second-order valence-corrected chi connectivity index (χ2v) is 8.60. The number of benzene rings is 2. The summed E-state index contributed by atoms with van der Waals surface area (Å²) in [4.78, 5) is 24.2. The zero-order valence-electron chi connectivity index (χ0n) is 16.1. The van der Waals surface area contributed by atoms with Gasteiger partial charge >= 0.3 is 0 Å². The Morgan fingerprint density at radius 2 is 1.79 bits per heavy atom. The summed E-state index contributed by atoms with van der Waals surface area (Å²) in [6.07, 6.45) is 0. The number of carbonyl (C=O) groups excluding carboxylic acids is 2. The molecule has 0 aliphatic carbocycles. The third-order valence-electron chi connectivity index (χ3n) is 4.09. The van der Waals surface area contributed by atoms with Crippen molar-refractivity contribution in [2.24, 2.45) is 0 Å². The van der Waals surface area contributed by atoms with Crippen LogP contribution in [0.1, 0.15) is 28.9 Å². The van der Waals surface area contributed by atoms with E-state index in [1.54, 1.807) is 0 Å². The summed E-state index contributed by atoms with van der Waals surface area (Å²) < 4.78 is 52.1. The van der Waals surface area contributed by atoms with E-state index in [1.807, 2.05) is 0 Å². The van der Waals surface area contributed by atoms with Crippen LogP contribution in [0.25, 0.3) is 0 Å². The smallest absolute Gasteiger partial charge is 0.251 e. The minimum Gasteiger partial charge on any atom is -0.348 e. The van der Waals surface area contributed by atoms with Crippen LogP contribution < -0.4 is 10.6 Å². The molecule has 1 unspecified atom stereocenters. The molecule has 10 heteroatoms. The molecule has 1 atom stereocenters. The van der Waals surface area contributed by atoms with Crippen LogP contribution in [0.15, 0.2) is 47.4 Å². The second kappa shape index (κ2) is 9.10. The number of hydrogen-bond donors (Lipinski definition) is 2. The Morgan fingerprint density at radius 3 is 2.41 bits per heavy atom. The molecule has 7 nitrogen and oxygen atoms in total. The van der Waals surface area contributed by atoms with Gasteiger partial charge < -0.3 is 10.6 Å². The van der Waals surface area contributed by atoms with Gasteiger partial charge in [0.25, 0.3) is 5.91 Å². The van der Waals surface area contributed by atoms with Crippen LogP contribution >= 0.6 is 0 Å². The van der Waals surface area contributed by atoms with Crippen molar-refractivity contribution in [2.75, 3.05) is 20.6 Å². The molecule has 2 N–H and O–H groups in total. The lowest BCUT2D eigenvalue weighted by Crippen LogP contribution is -2.38. The van der Waals surface area contributed by atoms with E-state index in [2.05, 4.69) is 10.6 Å². The van der Waals surface area contributed by atoms with Gasteiger partial charge in [-0.2, -0.15) is 0 Å². The molecule has 2 aromatic carbocycles. The average molecular weight is 425 g/mol. The molecular formula is C19H21F2N3O4S. The lowest BCUT2D eigenvalue weighted by atomic mass is 10.1. The van der Waals surface area contributed by atoms with Gasteiger partial charge in [-0.15, -0.1) is 0 Å². The Bertz CT molecular complexity index is 1030. The maximum absolute atomic E-state index is 13.8. The molecule has 0 saturated heterocycles. The van der Waals surface area contributed by atoms with Crippen LogP contribution in [-0.2, 0) is 14.8 Å². The van der Waals surface area contributed by atoms with Crippen molar-refractivity contribution in [1.29, 1.82) is 0 Å². The standard InChI is InChI=1S/C19H21F2N3O4S/c1-12(16-8-7-14(20)10-17(16)21)23-18(25)11-22-19(26)13-5-4-6-15(9-13)29(27,28)24(2)3/h4-10,12H,11H2,1-3H3,(H,22,26)(H,23,25). The summed E-state index contributed by atoms with van der Waals surface area (Å²) in [5.41, 5.74) is 0.172. The van der Waals surface area contributed by atoms with Crippen LogP contribution in [0, 0.1) is 11.6 Å². The van der Waals surface area contributed by atoms with Crippen LogP contribution in [0.5, 0.6) is 0 Å². The van der Waals surface area contributed by atoms with Gasteiger partial charge in [-0.25, -0.2) is 21.5 Å². The van der Waals surface area contributed by atoms with Gasteiger partial charge in [0.05, 0.1) is 17.5 Å². The van der Waals surface area contributed by atoms with Gasteiger partial charge in [-0.05, 0) is 31.2 Å². The van der Waals surface area contributed by atoms with Crippen LogP contribution in [-0.4, -0.2) is 45.2 Å². The molecule has 0 fully saturated rings. The number of nitrogens with zero attached hydrogens (tertiary/aromatic N) is 1. The number of rotatable bonds is 7. The fraction of sp³-hybridized carbons (Fsp3) is 0.263. The topological polar surface area (TPSA) is 95.6 Å². The first-order chi connectivity index (χ1) is 13.5. The normalized spacial score (nSPS) is 12.5. The Balaban J connectivity index is 1.99. The molecule has 0 radical (unpaired) electrons. The fourth-order valence-electron chi connectivity index (χ4n) is 2.49. The van der Waals surface area contributed by atoms with E-state index < -0.39 is 46.1 Å². The molecule has 29 heavy (non-hydrogen) atoms. The van der Waals surface area contributed by atoms with Crippen molar-refractivity contribution in [1.82, 2.24) is 14.9 Å². The van der Waals surface area contributed by atoms with Gasteiger partial charge in [-0.1, -0.05) is 12.1 Å². The Kier molecular flexibility index (Phi) is 7.04. The quantitative estimate of drug-likeness (QED) is 0.708. The van der Waals surface area contributed by atoms with Gasteiger partial charge in [0.15, 0.2) is 0 Å². The summed E-state index contributed by atoms with van der Waals surface area (Å²) in [5, 5.41) is 4.87. The van der Waals surface area contributed by atoms with Crippen LogP contribution in [0.4, 0.5) is 8.78 Å². The summed E-state index contributed by atoms with van der Waals surface area (Å²) in [5.74, 6) is -2.75. The highest BCUT2D eigenvalue weighted by Crippen LogP contribution is 2.17. The lowest BCUT2D eigenvalue weighted by Gasteiger charge is -2.16. The molecule has 0 aliphatic heterocycles. The number of carbonyl (C=O) groups is 2. The average Bonchev–Trinajstić information content (AvgIpc) is 2.65. The molecule has 0 aliphatic rings. The number of amides is 2. The first-order valence-electron chi connectivity index (χ1n) is 8.57. The van der Waals surface area contributed by atoms with Gasteiger partial charge in [0.1, 0.15) is 11.6 Å². The lowest BCUT2D eigenvalue weighted by molar-refractivity contribution is -0.120. The van der Waals surface area contributed by atoms with E-state index in [1.165, 1.54) is 51.4 Å². The molecule has 156 valence electrons. The molecule has 0 heterocycles. The van der Waals surface area contributed by atoms with Crippen molar-refractivity contribution in [3.8, 4) is 0 Å². The highest BCUT2D eigenvalue weighted by molar-refractivity contribution is 7.89. The molecule has 0 spiro atoms. The summed E-state index contributed by atoms with van der Waals surface area (Å²) in [6, 6.07) is 7.69. The number of sulfonamides is 1. The summed E-state index contributed by atoms with van der Waals surface area (Å²) in [6.45, 7) is 1.11. The Labute approximate surface area is 167 Å². The van der Waals surface area contributed by atoms with Crippen LogP contribution in [0.3, 0.4) is 0 Å². The second-order valence-electron chi connectivity index (χ2n) is 6.45. The SMILES string of the molecule is CC(NC(=O)CNC(=O)c1cccc(S(=O)(=O)N(C)C)c1)c1ccc(F)cc1F. The molecule has 2 aromatic rings. The third kappa shape index (κ3) is 5.58. The van der Waals surface area contributed by atoms with E-state index in [-0.39, 0.29) is 16.0 Å². The Hall–Kier alpha value is -2.85. The first kappa shape index (κ1) is 22.4. The maximum atomic E-state index is 13.8. The van der Waals surface area contributed by atoms with E-state index >= 15 is 0 Å². The van der Waals surface area contributed by atoms with E-state index in [4.69, 9.17) is 0 Å². The van der Waals surface area contributed by atoms with Gasteiger partial charge in [0, 0.05) is 31.3 Å². The Morgan fingerprint density at radius 1 is 1.10 bits per heavy atom. The summed E-state index contributed by atoms with van der Waals surface area (Å²) in [7, 11) is -0.961. The van der Waals surface area contributed by atoms with E-state index in [9.17, 15) is 26.8 Å². The van der Waals surface area contributed by atoms with Crippen molar-refractivity contribution < 1.29 is 26.8 Å². The highest BCUT2D eigenvalue weighted by atomic mass is 32.2. The van der Waals surface area contributed by atoms with Gasteiger partial charge in [0.2, 0.25) is 15.9 Å². The summed E-state index contributed by atoms with van der Waals surface area (Å²) >= 11 is 0. The van der Waals surface area contributed by atoms with E-state index in [0.717, 1.165) is 10.4 Å². The molecular weight excluding hydrogens is 404 g/mol. The number of halogens is 2. The minimum atomic E-state index is -3.71. The van der Waals surface area contributed by atoms with Crippen LogP contribution in [0.2, 0.25) is 0 Å². The molecule has 2 amide bonds. The zero-order chi connectivity index (χ0) is 21.8. The number of hydrogen-bond acceptors (Lipinski definition) is 4. The molecule has 0 saturated carbocycles. The monoisotopic (exact) mass is 425 g/mol. The van der Waals surface area contributed by atoms with Crippen molar-refractivity contribution in [3.63, 3.8) is 0 Å². The van der Waals surface area contributed by atoms with E-state index in [0.29, 0.717) is 6.07 Å². The maximum Gasteiger partial charge on any atom is 0.251 e. The largest absolute Gasteiger partial charge is 0.348 e.